The molecule has 2 N–H and O–H groups in total. The van der Waals surface area contributed by atoms with E-state index < -0.39 is 5.41 Å². The molecule has 2 aliphatic heterocycles. The van der Waals surface area contributed by atoms with Gasteiger partial charge in [-0.25, -0.2) is 0 Å². The van der Waals surface area contributed by atoms with E-state index in [1.54, 1.807) is 0 Å². The molecule has 0 bridgehead atoms. The van der Waals surface area contributed by atoms with Gasteiger partial charge in [-0.15, -0.1) is 0 Å². The second-order valence-electron chi connectivity index (χ2n) is 8.78. The van der Waals surface area contributed by atoms with Gasteiger partial charge in [0.15, 0.2) is 0 Å². The van der Waals surface area contributed by atoms with Crippen LogP contribution in [0, 0.1) is 5.92 Å². The highest BCUT2D eigenvalue weighted by molar-refractivity contribution is 5.74. The fraction of sp³-hybridized carbons (Fsp3) is 0.458. The van der Waals surface area contributed by atoms with Gasteiger partial charge in [0.2, 0.25) is 0 Å². The Bertz CT molecular complexity index is 782. The molecule has 0 saturated carbocycles. The van der Waals surface area contributed by atoms with Crippen molar-refractivity contribution in [3.8, 4) is 0 Å². The molecule has 2 aromatic rings. The number of hydrogen-bond donors (Lipinski definition) is 2. The largest absolute Gasteiger partial charge is 0.363 e. The third-order valence-corrected chi connectivity index (χ3v) is 6.36. The third-order valence-electron chi connectivity index (χ3n) is 6.36. The average Bonchev–Trinajstić information content (AvgIpc) is 3.17. The molecule has 0 aliphatic carbocycles. The molecule has 0 atom stereocenters. The highest BCUT2D eigenvalue weighted by atomic mass is 16.1. The minimum absolute atomic E-state index is 0.369. The number of likely N-dealkylation sites (tertiary alicyclic amines) is 1. The van der Waals surface area contributed by atoms with Crippen molar-refractivity contribution in [1.29, 1.82) is 0 Å². The van der Waals surface area contributed by atoms with Gasteiger partial charge in [0.1, 0.15) is 6.29 Å². The first-order valence-corrected chi connectivity index (χ1v) is 10.5. The predicted octanol–water partition coefficient (Wildman–Crippen LogP) is 4.28. The Kier molecular flexibility index (Phi) is 5.40. The van der Waals surface area contributed by atoms with Crippen LogP contribution in [0.1, 0.15) is 37.8 Å². The lowest BCUT2D eigenvalue weighted by Gasteiger charge is -2.35. The summed E-state index contributed by atoms with van der Waals surface area (Å²) in [6, 6.07) is 17.0. The normalized spacial score (nSPS) is 18.4. The molecule has 0 spiro atoms. The van der Waals surface area contributed by atoms with Crippen LogP contribution in [0.5, 0.6) is 0 Å². The van der Waals surface area contributed by atoms with Crippen LogP contribution in [0.4, 0.5) is 11.4 Å². The van der Waals surface area contributed by atoms with Crippen LogP contribution in [0.2, 0.25) is 0 Å². The number of fused-ring (bicyclic) bond motifs is 1. The monoisotopic (exact) mass is 377 g/mol. The lowest BCUT2D eigenvalue weighted by atomic mass is 9.86. The van der Waals surface area contributed by atoms with Crippen LogP contribution in [-0.4, -0.2) is 37.0 Å². The van der Waals surface area contributed by atoms with Crippen molar-refractivity contribution in [2.75, 3.05) is 30.3 Å². The van der Waals surface area contributed by atoms with Crippen molar-refractivity contribution in [2.24, 2.45) is 5.92 Å². The number of anilines is 2. The first kappa shape index (κ1) is 19.0. The molecule has 0 radical (unpaired) electrons. The Labute approximate surface area is 168 Å². The van der Waals surface area contributed by atoms with Crippen molar-refractivity contribution >= 4 is 17.7 Å². The molecular weight excluding hydrogens is 346 g/mol. The van der Waals surface area contributed by atoms with E-state index in [9.17, 15) is 4.79 Å². The fourth-order valence-corrected chi connectivity index (χ4v) is 4.31. The first-order chi connectivity index (χ1) is 13.5. The number of carbonyl (C=O) groups excluding carboxylic acids is 1. The molecule has 4 rings (SSSR count). The van der Waals surface area contributed by atoms with E-state index in [2.05, 4.69) is 64.1 Å². The van der Waals surface area contributed by atoms with E-state index in [-0.39, 0.29) is 0 Å². The van der Waals surface area contributed by atoms with Crippen LogP contribution in [0.25, 0.3) is 0 Å². The van der Waals surface area contributed by atoms with Crippen molar-refractivity contribution in [3.05, 3.63) is 59.7 Å². The van der Waals surface area contributed by atoms with E-state index in [1.165, 1.54) is 29.8 Å². The molecule has 2 heterocycles. The van der Waals surface area contributed by atoms with Gasteiger partial charge in [-0.2, -0.15) is 0 Å². The Balaban J connectivity index is 1.24. The molecule has 1 saturated heterocycles. The second-order valence-corrected chi connectivity index (χ2v) is 8.78. The van der Waals surface area contributed by atoms with E-state index in [4.69, 9.17) is 0 Å². The summed E-state index contributed by atoms with van der Waals surface area (Å²) in [6.07, 6.45) is 4.92. The summed E-state index contributed by atoms with van der Waals surface area (Å²) in [4.78, 5) is 13.8. The lowest BCUT2D eigenvalue weighted by Crippen LogP contribution is -2.42. The number of carbonyl (C=O) groups is 1. The predicted molar refractivity (Wildman–Crippen MR) is 116 cm³/mol. The molecule has 28 heavy (non-hydrogen) atoms. The number of rotatable bonds is 6. The van der Waals surface area contributed by atoms with Crippen LogP contribution >= 0.6 is 0 Å². The van der Waals surface area contributed by atoms with Gasteiger partial charge >= 0.3 is 0 Å². The van der Waals surface area contributed by atoms with Gasteiger partial charge in [0.05, 0.1) is 17.5 Å². The standard InChI is InChI=1S/C24H31N3O/c1-24(2,17-28)20-9-7-18(8-10-20)11-14-27-15-12-19(13-16-27)23-25-21-5-3-4-6-22(21)26-23/h3-10,17,19,23,25-26H,11-16H2,1-2H3. The molecular formula is C24H31N3O. The van der Waals surface area contributed by atoms with Gasteiger partial charge in [-0.05, 0) is 75.4 Å². The second kappa shape index (κ2) is 7.96. The maximum atomic E-state index is 11.2. The Morgan fingerprint density at radius 2 is 1.61 bits per heavy atom. The summed E-state index contributed by atoms with van der Waals surface area (Å²) >= 11 is 0. The molecule has 0 unspecified atom stereocenters. The van der Waals surface area contributed by atoms with E-state index in [1.807, 2.05) is 13.8 Å². The fourth-order valence-electron chi connectivity index (χ4n) is 4.31. The number of para-hydroxylation sites is 2. The van der Waals surface area contributed by atoms with Crippen molar-refractivity contribution in [3.63, 3.8) is 0 Å². The molecule has 2 aliphatic rings. The molecule has 0 aromatic heterocycles. The lowest BCUT2D eigenvalue weighted by molar-refractivity contribution is -0.111. The minimum atomic E-state index is -0.400. The summed E-state index contributed by atoms with van der Waals surface area (Å²) in [7, 11) is 0. The van der Waals surface area contributed by atoms with Crippen molar-refractivity contribution < 1.29 is 4.79 Å². The van der Waals surface area contributed by atoms with E-state index in [0.29, 0.717) is 12.1 Å². The van der Waals surface area contributed by atoms with Crippen LogP contribution in [-0.2, 0) is 16.6 Å². The number of aldehydes is 1. The van der Waals surface area contributed by atoms with Crippen LogP contribution in [0.15, 0.2) is 48.5 Å². The van der Waals surface area contributed by atoms with Gasteiger partial charge < -0.3 is 20.3 Å². The zero-order valence-electron chi connectivity index (χ0n) is 16.9. The van der Waals surface area contributed by atoms with Gasteiger partial charge in [0, 0.05) is 12.0 Å². The average molecular weight is 378 g/mol. The van der Waals surface area contributed by atoms with Gasteiger partial charge in [-0.3, -0.25) is 0 Å². The zero-order chi connectivity index (χ0) is 19.6. The van der Waals surface area contributed by atoms with Crippen LogP contribution < -0.4 is 10.6 Å². The number of piperidine rings is 1. The summed E-state index contributed by atoms with van der Waals surface area (Å²) < 4.78 is 0. The molecule has 4 heteroatoms. The summed E-state index contributed by atoms with van der Waals surface area (Å²) in [5, 5.41) is 7.29. The summed E-state index contributed by atoms with van der Waals surface area (Å²) in [5.74, 6) is 0.675. The topological polar surface area (TPSA) is 44.4 Å². The SMILES string of the molecule is CC(C)(C=O)c1ccc(CCN2CCC(C3Nc4ccccc4N3)CC2)cc1. The van der Waals surface area contributed by atoms with Crippen LogP contribution in [0.3, 0.4) is 0 Å². The van der Waals surface area contributed by atoms with E-state index in [0.717, 1.165) is 37.9 Å². The maximum Gasteiger partial charge on any atom is 0.129 e. The third kappa shape index (κ3) is 4.07. The highest BCUT2D eigenvalue weighted by Gasteiger charge is 2.30. The molecule has 148 valence electrons. The number of nitrogens with zero attached hydrogens (tertiary/aromatic N) is 1. The van der Waals surface area contributed by atoms with Gasteiger partial charge in [-0.1, -0.05) is 36.4 Å². The maximum absolute atomic E-state index is 11.2. The quantitative estimate of drug-likeness (QED) is 0.738. The molecule has 0 amide bonds. The summed E-state index contributed by atoms with van der Waals surface area (Å²) in [6.45, 7) is 7.36. The number of nitrogens with one attached hydrogen (secondary N) is 2. The number of benzene rings is 2. The number of hydrogen-bond acceptors (Lipinski definition) is 4. The van der Waals surface area contributed by atoms with Crippen molar-refractivity contribution in [1.82, 2.24) is 4.90 Å². The molecule has 1 fully saturated rings. The smallest absolute Gasteiger partial charge is 0.129 e. The van der Waals surface area contributed by atoms with Crippen molar-refractivity contribution in [2.45, 2.75) is 44.7 Å². The highest BCUT2D eigenvalue weighted by Crippen LogP contribution is 2.33. The Morgan fingerprint density at radius 1 is 1.00 bits per heavy atom. The minimum Gasteiger partial charge on any atom is -0.363 e. The Hall–Kier alpha value is -2.33. The summed E-state index contributed by atoms with van der Waals surface area (Å²) in [5.41, 5.74) is 4.50. The van der Waals surface area contributed by atoms with E-state index >= 15 is 0 Å². The Morgan fingerprint density at radius 3 is 2.18 bits per heavy atom. The molecule has 4 nitrogen and oxygen atoms in total. The zero-order valence-corrected chi connectivity index (χ0v) is 16.9. The van der Waals surface area contributed by atoms with Gasteiger partial charge in [0.25, 0.3) is 0 Å². The first-order valence-electron chi connectivity index (χ1n) is 10.5. The molecule has 2 aromatic carbocycles.